The van der Waals surface area contributed by atoms with Gasteiger partial charge in [-0.25, -0.2) is 9.97 Å². The maximum absolute atomic E-state index is 4.17. The van der Waals surface area contributed by atoms with Gasteiger partial charge in [0, 0.05) is 12.7 Å². The summed E-state index contributed by atoms with van der Waals surface area (Å²) in [6.07, 6.45) is 10.3. The Labute approximate surface area is 97.7 Å². The SMILES string of the molecule is CCC1CCC(CNc2ccncn2)CC1. The van der Waals surface area contributed by atoms with E-state index in [-0.39, 0.29) is 0 Å². The van der Waals surface area contributed by atoms with Crippen LogP contribution in [0.4, 0.5) is 5.82 Å². The zero-order valence-corrected chi connectivity index (χ0v) is 10.0. The highest BCUT2D eigenvalue weighted by molar-refractivity contribution is 5.31. The van der Waals surface area contributed by atoms with Crippen LogP contribution in [0.5, 0.6) is 0 Å². The van der Waals surface area contributed by atoms with Crippen molar-refractivity contribution in [3.63, 3.8) is 0 Å². The van der Waals surface area contributed by atoms with Crippen molar-refractivity contribution in [2.45, 2.75) is 39.0 Å². The fourth-order valence-electron chi connectivity index (χ4n) is 2.49. The lowest BCUT2D eigenvalue weighted by atomic mass is 9.81. The predicted molar refractivity (Wildman–Crippen MR) is 66.3 cm³/mol. The van der Waals surface area contributed by atoms with Gasteiger partial charge in [0.2, 0.25) is 0 Å². The van der Waals surface area contributed by atoms with Gasteiger partial charge in [-0.15, -0.1) is 0 Å². The summed E-state index contributed by atoms with van der Waals surface area (Å²) in [5.41, 5.74) is 0. The van der Waals surface area contributed by atoms with Gasteiger partial charge in [0.1, 0.15) is 12.1 Å². The van der Waals surface area contributed by atoms with Crippen molar-refractivity contribution in [1.82, 2.24) is 9.97 Å². The minimum atomic E-state index is 0.831. The molecule has 1 heterocycles. The highest BCUT2D eigenvalue weighted by Gasteiger charge is 2.19. The van der Waals surface area contributed by atoms with Crippen molar-refractivity contribution in [3.8, 4) is 0 Å². The van der Waals surface area contributed by atoms with Gasteiger partial charge in [-0.2, -0.15) is 0 Å². The van der Waals surface area contributed by atoms with E-state index >= 15 is 0 Å². The molecule has 3 heteroatoms. The minimum Gasteiger partial charge on any atom is -0.370 e. The Morgan fingerprint density at radius 1 is 1.25 bits per heavy atom. The molecular formula is C13H21N3. The van der Waals surface area contributed by atoms with Crippen molar-refractivity contribution < 1.29 is 0 Å². The molecule has 1 aliphatic carbocycles. The van der Waals surface area contributed by atoms with Crippen LogP contribution in [0.25, 0.3) is 0 Å². The maximum atomic E-state index is 4.17. The molecule has 1 fully saturated rings. The molecule has 16 heavy (non-hydrogen) atoms. The van der Waals surface area contributed by atoms with Crippen LogP contribution in [0.1, 0.15) is 39.0 Å². The van der Waals surface area contributed by atoms with Gasteiger partial charge in [-0.05, 0) is 30.7 Å². The van der Waals surface area contributed by atoms with Crippen molar-refractivity contribution in [1.29, 1.82) is 0 Å². The van der Waals surface area contributed by atoms with E-state index in [1.54, 1.807) is 12.5 Å². The van der Waals surface area contributed by atoms with Crippen molar-refractivity contribution in [3.05, 3.63) is 18.6 Å². The second kappa shape index (κ2) is 5.83. The van der Waals surface area contributed by atoms with E-state index in [9.17, 15) is 0 Å². The van der Waals surface area contributed by atoms with Crippen molar-refractivity contribution in [2.24, 2.45) is 11.8 Å². The molecule has 1 N–H and O–H groups in total. The highest BCUT2D eigenvalue weighted by atomic mass is 15.0. The number of anilines is 1. The fourth-order valence-corrected chi connectivity index (χ4v) is 2.49. The first-order chi connectivity index (χ1) is 7.88. The summed E-state index contributed by atoms with van der Waals surface area (Å²) in [6.45, 7) is 3.37. The van der Waals surface area contributed by atoms with Gasteiger partial charge in [0.05, 0.1) is 0 Å². The van der Waals surface area contributed by atoms with E-state index in [0.29, 0.717) is 0 Å². The summed E-state index contributed by atoms with van der Waals surface area (Å²) < 4.78 is 0. The Morgan fingerprint density at radius 2 is 2.00 bits per heavy atom. The summed E-state index contributed by atoms with van der Waals surface area (Å²) in [6, 6.07) is 1.93. The standard InChI is InChI=1S/C13H21N3/c1-2-11-3-5-12(6-4-11)9-15-13-7-8-14-10-16-13/h7-8,10-12H,2-6,9H2,1H3,(H,14,15,16). The summed E-state index contributed by atoms with van der Waals surface area (Å²) >= 11 is 0. The Kier molecular flexibility index (Phi) is 4.14. The Morgan fingerprint density at radius 3 is 2.62 bits per heavy atom. The normalized spacial score (nSPS) is 25.3. The molecule has 3 nitrogen and oxygen atoms in total. The second-order valence-electron chi connectivity index (χ2n) is 4.77. The van der Waals surface area contributed by atoms with Crippen LogP contribution in [-0.4, -0.2) is 16.5 Å². The molecule has 1 saturated carbocycles. The third kappa shape index (κ3) is 3.19. The topological polar surface area (TPSA) is 37.8 Å². The molecular weight excluding hydrogens is 198 g/mol. The molecule has 2 rings (SSSR count). The average Bonchev–Trinajstić information content (AvgIpc) is 2.38. The maximum Gasteiger partial charge on any atom is 0.129 e. The van der Waals surface area contributed by atoms with Gasteiger partial charge >= 0.3 is 0 Å². The smallest absolute Gasteiger partial charge is 0.129 e. The van der Waals surface area contributed by atoms with E-state index in [1.807, 2.05) is 6.07 Å². The molecule has 1 aromatic heterocycles. The molecule has 0 spiro atoms. The lowest BCUT2D eigenvalue weighted by Crippen LogP contribution is -2.21. The summed E-state index contributed by atoms with van der Waals surface area (Å²) in [7, 11) is 0. The van der Waals surface area contributed by atoms with Gasteiger partial charge in [0.25, 0.3) is 0 Å². The molecule has 0 saturated heterocycles. The number of rotatable bonds is 4. The third-order valence-corrected chi connectivity index (χ3v) is 3.70. The first-order valence-corrected chi connectivity index (χ1v) is 6.38. The van der Waals surface area contributed by atoms with Crippen LogP contribution >= 0.6 is 0 Å². The summed E-state index contributed by atoms with van der Waals surface area (Å²) in [5, 5.41) is 3.40. The average molecular weight is 219 g/mol. The van der Waals surface area contributed by atoms with E-state index in [2.05, 4.69) is 22.2 Å². The summed E-state index contributed by atoms with van der Waals surface area (Å²) in [4.78, 5) is 8.08. The molecule has 88 valence electrons. The van der Waals surface area contributed by atoms with Gasteiger partial charge in [-0.3, -0.25) is 0 Å². The number of hydrogen-bond acceptors (Lipinski definition) is 3. The van der Waals surface area contributed by atoms with E-state index < -0.39 is 0 Å². The van der Waals surface area contributed by atoms with Gasteiger partial charge in [0.15, 0.2) is 0 Å². The molecule has 1 aromatic rings. The van der Waals surface area contributed by atoms with Gasteiger partial charge < -0.3 is 5.32 Å². The molecule has 0 aromatic carbocycles. The minimum absolute atomic E-state index is 0.831. The Balaban J connectivity index is 1.72. The molecule has 0 aliphatic heterocycles. The van der Waals surface area contributed by atoms with E-state index in [4.69, 9.17) is 0 Å². The second-order valence-corrected chi connectivity index (χ2v) is 4.77. The number of nitrogens with one attached hydrogen (secondary N) is 1. The first-order valence-electron chi connectivity index (χ1n) is 6.38. The van der Waals surface area contributed by atoms with E-state index in [1.165, 1.54) is 32.1 Å². The van der Waals surface area contributed by atoms with Crippen molar-refractivity contribution in [2.75, 3.05) is 11.9 Å². The molecule has 0 amide bonds. The molecule has 0 unspecified atom stereocenters. The number of aromatic nitrogens is 2. The highest BCUT2D eigenvalue weighted by Crippen LogP contribution is 2.30. The van der Waals surface area contributed by atoms with Crippen molar-refractivity contribution >= 4 is 5.82 Å². The van der Waals surface area contributed by atoms with Crippen LogP contribution in [0.2, 0.25) is 0 Å². The number of hydrogen-bond donors (Lipinski definition) is 1. The first kappa shape index (κ1) is 11.4. The third-order valence-electron chi connectivity index (χ3n) is 3.70. The lowest BCUT2D eigenvalue weighted by Gasteiger charge is -2.27. The largest absolute Gasteiger partial charge is 0.370 e. The predicted octanol–water partition coefficient (Wildman–Crippen LogP) is 3.10. The zero-order valence-electron chi connectivity index (χ0n) is 10.0. The Bertz CT molecular complexity index is 291. The van der Waals surface area contributed by atoms with Crippen LogP contribution in [0.3, 0.4) is 0 Å². The lowest BCUT2D eigenvalue weighted by molar-refractivity contribution is 0.278. The van der Waals surface area contributed by atoms with Crippen LogP contribution in [-0.2, 0) is 0 Å². The molecule has 0 bridgehead atoms. The van der Waals surface area contributed by atoms with Crippen LogP contribution in [0, 0.1) is 11.8 Å². The molecule has 0 radical (unpaired) electrons. The fraction of sp³-hybridized carbons (Fsp3) is 0.692. The number of nitrogens with zero attached hydrogens (tertiary/aromatic N) is 2. The zero-order chi connectivity index (χ0) is 11.2. The van der Waals surface area contributed by atoms with Gasteiger partial charge in [-0.1, -0.05) is 26.2 Å². The molecule has 1 aliphatic rings. The quantitative estimate of drug-likeness (QED) is 0.845. The molecule has 0 atom stereocenters. The van der Waals surface area contributed by atoms with Crippen LogP contribution in [0.15, 0.2) is 18.6 Å². The van der Waals surface area contributed by atoms with E-state index in [0.717, 1.165) is 24.2 Å². The Hall–Kier alpha value is -1.12. The summed E-state index contributed by atoms with van der Waals surface area (Å²) in [5.74, 6) is 2.76. The monoisotopic (exact) mass is 219 g/mol. The van der Waals surface area contributed by atoms with Crippen LogP contribution < -0.4 is 5.32 Å².